The summed E-state index contributed by atoms with van der Waals surface area (Å²) in [5.74, 6) is 1.24. The number of aromatic hydroxyl groups is 1. The number of phenolic OH excluding ortho intramolecular Hbond substituents is 1. The molecule has 8 heteroatoms. The van der Waals surface area contributed by atoms with Crippen LogP contribution in [0.4, 0.5) is 13.2 Å². The fourth-order valence-corrected chi connectivity index (χ4v) is 6.58. The molecule has 2 unspecified atom stereocenters. The minimum absolute atomic E-state index is 0.0683. The fraction of sp³-hybridized carbons (Fsp3) is 0.520. The Morgan fingerprint density at radius 3 is 2.21 bits per heavy atom. The third-order valence-corrected chi connectivity index (χ3v) is 8.74. The van der Waals surface area contributed by atoms with E-state index in [0.717, 1.165) is 67.2 Å². The average Bonchev–Trinajstić information content (AvgIpc) is 3.37. The molecule has 0 saturated heterocycles. The molecule has 33 heavy (non-hydrogen) atoms. The lowest BCUT2D eigenvalue weighted by atomic mass is 9.78. The fourth-order valence-electron chi connectivity index (χ4n) is 6.10. The highest BCUT2D eigenvalue weighted by molar-refractivity contribution is 7.88. The van der Waals surface area contributed by atoms with E-state index in [-0.39, 0.29) is 11.7 Å². The van der Waals surface area contributed by atoms with Gasteiger partial charge >= 0.3 is 15.6 Å². The maximum Gasteiger partial charge on any atom is 0.534 e. The second-order valence-electron chi connectivity index (χ2n) is 9.86. The van der Waals surface area contributed by atoms with Gasteiger partial charge in [-0.05, 0) is 96.2 Å². The predicted molar refractivity (Wildman–Crippen MR) is 119 cm³/mol. The number of hydrogen-bond acceptors (Lipinski definition) is 4. The Labute approximate surface area is 191 Å². The Hall–Kier alpha value is -2.22. The number of benzene rings is 2. The first kappa shape index (κ1) is 22.6. The molecule has 0 aliphatic heterocycles. The maximum absolute atomic E-state index is 13.0. The van der Waals surface area contributed by atoms with Gasteiger partial charge in [0.25, 0.3) is 0 Å². The van der Waals surface area contributed by atoms with Crippen molar-refractivity contribution in [2.75, 3.05) is 0 Å². The van der Waals surface area contributed by atoms with Gasteiger partial charge in [0, 0.05) is 5.56 Å². The Kier molecular flexibility index (Phi) is 5.42. The number of halogens is 3. The highest BCUT2D eigenvalue weighted by Crippen LogP contribution is 2.58. The molecule has 4 nitrogen and oxygen atoms in total. The predicted octanol–water partition coefficient (Wildman–Crippen LogP) is 6.95. The number of rotatable bonds is 4. The second-order valence-corrected chi connectivity index (χ2v) is 11.4. The van der Waals surface area contributed by atoms with Gasteiger partial charge in [-0.1, -0.05) is 31.9 Å². The summed E-state index contributed by atoms with van der Waals surface area (Å²) in [6, 6.07) is 8.35. The molecule has 178 valence electrons. The van der Waals surface area contributed by atoms with Crippen molar-refractivity contribution < 1.29 is 30.9 Å². The van der Waals surface area contributed by atoms with Gasteiger partial charge < -0.3 is 9.29 Å². The number of fused-ring (bicyclic) bond motifs is 5. The Balaban J connectivity index is 1.60. The highest BCUT2D eigenvalue weighted by atomic mass is 32.2. The van der Waals surface area contributed by atoms with E-state index in [1.807, 2.05) is 6.07 Å². The molecule has 3 aliphatic rings. The second kappa shape index (κ2) is 7.93. The summed E-state index contributed by atoms with van der Waals surface area (Å²) in [6.07, 6.45) is 6.53. The van der Waals surface area contributed by atoms with Gasteiger partial charge in [-0.3, -0.25) is 0 Å². The van der Waals surface area contributed by atoms with Crippen LogP contribution >= 0.6 is 0 Å². The van der Waals surface area contributed by atoms with Gasteiger partial charge in [0.15, 0.2) is 0 Å². The third kappa shape index (κ3) is 3.90. The summed E-state index contributed by atoms with van der Waals surface area (Å²) < 4.78 is 67.2. The first-order valence-electron chi connectivity index (χ1n) is 11.6. The molecule has 3 aliphatic carbocycles. The molecular weight excluding hydrogens is 453 g/mol. The third-order valence-electron chi connectivity index (χ3n) is 7.77. The van der Waals surface area contributed by atoms with Crippen molar-refractivity contribution in [2.24, 2.45) is 5.92 Å². The van der Waals surface area contributed by atoms with Crippen molar-refractivity contribution in [3.8, 4) is 22.6 Å². The summed E-state index contributed by atoms with van der Waals surface area (Å²) in [5.41, 5.74) is -1.06. The number of phenols is 1. The number of alkyl halides is 3. The molecule has 2 fully saturated rings. The van der Waals surface area contributed by atoms with Crippen molar-refractivity contribution in [1.29, 1.82) is 0 Å². The van der Waals surface area contributed by atoms with Gasteiger partial charge in [0.2, 0.25) is 0 Å². The van der Waals surface area contributed by atoms with E-state index in [2.05, 4.69) is 11.1 Å². The standard InChI is InChI=1S/C25H27F3O4S/c1-14-2-4-15(5-3-14)20-13-16(8-11-22(20)32-33(30,31)25(26,27)28)19-9-10-21(29)24-18-7-6-17(12-18)23(19)24/h8-11,13-15,17-18,29H,2-7,12H2,1H3. The van der Waals surface area contributed by atoms with E-state index in [9.17, 15) is 26.7 Å². The average molecular weight is 481 g/mol. The van der Waals surface area contributed by atoms with Gasteiger partial charge in [-0.2, -0.15) is 21.6 Å². The van der Waals surface area contributed by atoms with Crippen LogP contribution in [0.1, 0.15) is 86.3 Å². The summed E-state index contributed by atoms with van der Waals surface area (Å²) in [4.78, 5) is 0. The van der Waals surface area contributed by atoms with E-state index >= 15 is 0 Å². The van der Waals surface area contributed by atoms with Crippen molar-refractivity contribution >= 4 is 10.1 Å². The van der Waals surface area contributed by atoms with E-state index in [1.165, 1.54) is 6.07 Å². The minimum Gasteiger partial charge on any atom is -0.508 e. The zero-order valence-electron chi connectivity index (χ0n) is 18.4. The SMILES string of the molecule is CC1CCC(c2cc(-c3ccc(O)c4c3C3CCC4C3)ccc2OS(=O)(=O)C(F)(F)F)CC1. The molecule has 2 saturated carbocycles. The summed E-state index contributed by atoms with van der Waals surface area (Å²) in [6.45, 7) is 2.15. The van der Waals surface area contributed by atoms with Gasteiger partial charge in [-0.25, -0.2) is 0 Å². The van der Waals surface area contributed by atoms with E-state index < -0.39 is 15.6 Å². The molecule has 0 amide bonds. The normalized spacial score (nSPS) is 26.9. The van der Waals surface area contributed by atoms with Crippen LogP contribution in [0.25, 0.3) is 11.1 Å². The van der Waals surface area contributed by atoms with Crippen molar-refractivity contribution in [2.45, 2.75) is 75.1 Å². The van der Waals surface area contributed by atoms with Crippen LogP contribution in [0.3, 0.4) is 0 Å². The molecule has 2 bridgehead atoms. The van der Waals surface area contributed by atoms with E-state index in [1.54, 1.807) is 18.2 Å². The Bertz CT molecular complexity index is 1180. The highest BCUT2D eigenvalue weighted by Gasteiger charge is 2.49. The number of hydrogen-bond donors (Lipinski definition) is 1. The van der Waals surface area contributed by atoms with Crippen LogP contribution in [0.5, 0.6) is 11.5 Å². The van der Waals surface area contributed by atoms with E-state index in [0.29, 0.717) is 29.1 Å². The van der Waals surface area contributed by atoms with Crippen LogP contribution < -0.4 is 4.18 Å². The molecule has 5 rings (SSSR count). The van der Waals surface area contributed by atoms with Crippen LogP contribution in [0.15, 0.2) is 30.3 Å². The van der Waals surface area contributed by atoms with Crippen LogP contribution in [-0.2, 0) is 10.1 Å². The monoisotopic (exact) mass is 480 g/mol. The minimum atomic E-state index is -5.76. The molecule has 0 spiro atoms. The van der Waals surface area contributed by atoms with Crippen molar-refractivity contribution in [3.05, 3.63) is 47.0 Å². The molecule has 0 aromatic heterocycles. The van der Waals surface area contributed by atoms with Crippen LogP contribution in [0, 0.1) is 5.92 Å². The quantitative estimate of drug-likeness (QED) is 0.380. The molecule has 0 heterocycles. The molecule has 2 aromatic carbocycles. The summed E-state index contributed by atoms with van der Waals surface area (Å²) >= 11 is 0. The van der Waals surface area contributed by atoms with E-state index in [4.69, 9.17) is 0 Å². The van der Waals surface area contributed by atoms with Crippen molar-refractivity contribution in [1.82, 2.24) is 0 Å². The van der Waals surface area contributed by atoms with Gasteiger partial charge in [0.1, 0.15) is 11.5 Å². The largest absolute Gasteiger partial charge is 0.534 e. The Morgan fingerprint density at radius 2 is 1.55 bits per heavy atom. The summed E-state index contributed by atoms with van der Waals surface area (Å²) in [7, 11) is -5.76. The van der Waals surface area contributed by atoms with Gasteiger partial charge in [0.05, 0.1) is 0 Å². The van der Waals surface area contributed by atoms with Crippen LogP contribution in [0.2, 0.25) is 0 Å². The smallest absolute Gasteiger partial charge is 0.508 e. The molecule has 0 radical (unpaired) electrons. The zero-order valence-corrected chi connectivity index (χ0v) is 19.2. The first-order chi connectivity index (χ1) is 15.5. The lowest BCUT2D eigenvalue weighted by Crippen LogP contribution is -2.28. The van der Waals surface area contributed by atoms with Crippen molar-refractivity contribution in [3.63, 3.8) is 0 Å². The molecular formula is C25H27F3O4S. The van der Waals surface area contributed by atoms with Crippen LogP contribution in [-0.4, -0.2) is 19.0 Å². The first-order valence-corrected chi connectivity index (χ1v) is 13.0. The molecule has 2 atom stereocenters. The lowest BCUT2D eigenvalue weighted by molar-refractivity contribution is -0.0500. The van der Waals surface area contributed by atoms with Gasteiger partial charge in [-0.15, -0.1) is 0 Å². The zero-order chi connectivity index (χ0) is 23.5. The topological polar surface area (TPSA) is 63.6 Å². The summed E-state index contributed by atoms with van der Waals surface area (Å²) in [5, 5.41) is 10.5. The molecule has 1 N–H and O–H groups in total. The lowest BCUT2D eigenvalue weighted by Gasteiger charge is -2.28. The maximum atomic E-state index is 13.0. The molecule has 2 aromatic rings. The Morgan fingerprint density at radius 1 is 0.909 bits per heavy atom.